The minimum atomic E-state index is 0.258. The summed E-state index contributed by atoms with van der Waals surface area (Å²) >= 11 is 0. The van der Waals surface area contributed by atoms with Gasteiger partial charge >= 0.3 is 0 Å². The number of rotatable bonds is 3. The van der Waals surface area contributed by atoms with Crippen molar-refractivity contribution in [1.29, 1.82) is 5.26 Å². The molecule has 1 saturated heterocycles. The van der Waals surface area contributed by atoms with Gasteiger partial charge in [-0.2, -0.15) is 5.26 Å². The van der Waals surface area contributed by atoms with Crippen LogP contribution >= 0.6 is 0 Å². The zero-order valence-electron chi connectivity index (χ0n) is 9.39. The van der Waals surface area contributed by atoms with E-state index in [1.165, 1.54) is 5.56 Å². The maximum atomic E-state index is 8.94. The molecule has 2 rings (SSSR count). The summed E-state index contributed by atoms with van der Waals surface area (Å²) in [6.45, 7) is 4.10. The Morgan fingerprint density at radius 1 is 1.25 bits per heavy atom. The topological polar surface area (TPSA) is 39.1 Å². The van der Waals surface area contributed by atoms with Gasteiger partial charge in [-0.3, -0.25) is 4.90 Å². The molecule has 1 aromatic rings. The summed E-state index contributed by atoms with van der Waals surface area (Å²) < 4.78 is 0. The third-order valence-electron chi connectivity index (χ3n) is 3.06. The molecule has 0 aliphatic carbocycles. The Morgan fingerprint density at radius 3 is 2.56 bits per heavy atom. The number of hydrogen-bond donors (Lipinski definition) is 1. The van der Waals surface area contributed by atoms with E-state index < -0.39 is 0 Å². The van der Waals surface area contributed by atoms with Gasteiger partial charge in [0.15, 0.2) is 0 Å². The molecule has 0 saturated carbocycles. The number of nitrogens with zero attached hydrogens (tertiary/aromatic N) is 2. The van der Waals surface area contributed by atoms with Gasteiger partial charge in [0.1, 0.15) is 0 Å². The lowest BCUT2D eigenvalue weighted by Crippen LogP contribution is -2.45. The molecule has 1 aromatic carbocycles. The average Bonchev–Trinajstić information content (AvgIpc) is 2.38. The zero-order chi connectivity index (χ0) is 11.2. The Labute approximate surface area is 96.7 Å². The van der Waals surface area contributed by atoms with E-state index >= 15 is 0 Å². The maximum absolute atomic E-state index is 8.94. The second-order valence-electron chi connectivity index (χ2n) is 4.07. The second-order valence-corrected chi connectivity index (χ2v) is 4.07. The largest absolute Gasteiger partial charge is 0.314 e. The van der Waals surface area contributed by atoms with E-state index in [-0.39, 0.29) is 6.04 Å². The van der Waals surface area contributed by atoms with E-state index in [1.807, 2.05) is 18.2 Å². The van der Waals surface area contributed by atoms with Crippen molar-refractivity contribution in [2.75, 3.05) is 26.2 Å². The van der Waals surface area contributed by atoms with Crippen molar-refractivity contribution in [1.82, 2.24) is 10.2 Å². The third-order valence-corrected chi connectivity index (χ3v) is 3.06. The van der Waals surface area contributed by atoms with Crippen molar-refractivity contribution >= 4 is 0 Å². The quantitative estimate of drug-likeness (QED) is 0.831. The Kier molecular flexibility index (Phi) is 3.92. The Morgan fingerprint density at radius 2 is 1.94 bits per heavy atom. The Bertz CT molecular complexity index is 349. The van der Waals surface area contributed by atoms with Crippen molar-refractivity contribution in [3.8, 4) is 6.07 Å². The highest BCUT2D eigenvalue weighted by atomic mass is 15.2. The van der Waals surface area contributed by atoms with Gasteiger partial charge in [0.25, 0.3) is 0 Å². The van der Waals surface area contributed by atoms with Crippen LogP contribution in [0.2, 0.25) is 0 Å². The smallest absolute Gasteiger partial charge is 0.0641 e. The van der Waals surface area contributed by atoms with Crippen molar-refractivity contribution < 1.29 is 0 Å². The SMILES string of the molecule is N#CC[C@@H](c1ccccc1)N1CCNCC1. The molecule has 1 aliphatic heterocycles. The molecule has 0 radical (unpaired) electrons. The van der Waals surface area contributed by atoms with Crippen LogP contribution in [0.1, 0.15) is 18.0 Å². The molecule has 0 amide bonds. The molecule has 1 fully saturated rings. The van der Waals surface area contributed by atoms with E-state index in [1.54, 1.807) is 0 Å². The molecule has 0 unspecified atom stereocenters. The predicted molar refractivity (Wildman–Crippen MR) is 63.9 cm³/mol. The van der Waals surface area contributed by atoms with Crippen LogP contribution in [0.15, 0.2) is 30.3 Å². The molecule has 1 heterocycles. The number of nitrogens with one attached hydrogen (secondary N) is 1. The molecule has 0 aromatic heterocycles. The van der Waals surface area contributed by atoms with Crippen LogP contribution in [0.25, 0.3) is 0 Å². The fourth-order valence-electron chi connectivity index (χ4n) is 2.21. The van der Waals surface area contributed by atoms with Gasteiger partial charge in [-0.1, -0.05) is 30.3 Å². The first-order chi connectivity index (χ1) is 7.92. The maximum Gasteiger partial charge on any atom is 0.0641 e. The number of benzene rings is 1. The molecule has 3 heteroatoms. The molecule has 1 aliphatic rings. The van der Waals surface area contributed by atoms with Crippen LogP contribution < -0.4 is 5.32 Å². The van der Waals surface area contributed by atoms with Crippen LogP contribution in [0.3, 0.4) is 0 Å². The summed E-state index contributed by atoms with van der Waals surface area (Å²) in [5.41, 5.74) is 1.26. The van der Waals surface area contributed by atoms with Crippen molar-refractivity contribution in [3.63, 3.8) is 0 Å². The average molecular weight is 215 g/mol. The fraction of sp³-hybridized carbons (Fsp3) is 0.462. The summed E-state index contributed by atoms with van der Waals surface area (Å²) in [5.74, 6) is 0. The summed E-state index contributed by atoms with van der Waals surface area (Å²) in [6.07, 6.45) is 0.573. The van der Waals surface area contributed by atoms with Gasteiger partial charge in [0.05, 0.1) is 12.5 Å². The number of nitriles is 1. The van der Waals surface area contributed by atoms with E-state index in [9.17, 15) is 0 Å². The van der Waals surface area contributed by atoms with Crippen molar-refractivity contribution in [2.24, 2.45) is 0 Å². The molecule has 84 valence electrons. The third kappa shape index (κ3) is 2.60. The van der Waals surface area contributed by atoms with Gasteiger partial charge in [-0.15, -0.1) is 0 Å². The lowest BCUT2D eigenvalue weighted by atomic mass is 10.0. The molecule has 0 spiro atoms. The highest BCUT2D eigenvalue weighted by Crippen LogP contribution is 2.23. The van der Waals surface area contributed by atoms with Gasteiger partial charge in [0.2, 0.25) is 0 Å². The normalized spacial score (nSPS) is 18.9. The number of hydrogen-bond acceptors (Lipinski definition) is 3. The van der Waals surface area contributed by atoms with Crippen LogP contribution in [0.4, 0.5) is 0 Å². The Hall–Kier alpha value is -1.37. The first-order valence-corrected chi connectivity index (χ1v) is 5.78. The van der Waals surface area contributed by atoms with Crippen LogP contribution in [0.5, 0.6) is 0 Å². The lowest BCUT2D eigenvalue weighted by Gasteiger charge is -2.34. The second kappa shape index (κ2) is 5.64. The van der Waals surface area contributed by atoms with Gasteiger partial charge in [0, 0.05) is 32.2 Å². The minimum absolute atomic E-state index is 0.258. The van der Waals surface area contributed by atoms with E-state index in [4.69, 9.17) is 5.26 Å². The number of piperazine rings is 1. The van der Waals surface area contributed by atoms with Crippen LogP contribution in [-0.2, 0) is 0 Å². The molecular weight excluding hydrogens is 198 g/mol. The molecule has 1 N–H and O–H groups in total. The molecule has 3 nitrogen and oxygen atoms in total. The lowest BCUT2D eigenvalue weighted by molar-refractivity contribution is 0.175. The van der Waals surface area contributed by atoms with E-state index in [0.29, 0.717) is 6.42 Å². The minimum Gasteiger partial charge on any atom is -0.314 e. The van der Waals surface area contributed by atoms with E-state index in [0.717, 1.165) is 26.2 Å². The zero-order valence-corrected chi connectivity index (χ0v) is 9.39. The van der Waals surface area contributed by atoms with E-state index in [2.05, 4.69) is 28.4 Å². The fourth-order valence-corrected chi connectivity index (χ4v) is 2.21. The van der Waals surface area contributed by atoms with Gasteiger partial charge in [-0.05, 0) is 5.56 Å². The first-order valence-electron chi connectivity index (χ1n) is 5.78. The highest BCUT2D eigenvalue weighted by molar-refractivity contribution is 5.20. The van der Waals surface area contributed by atoms with Crippen LogP contribution in [0, 0.1) is 11.3 Å². The monoisotopic (exact) mass is 215 g/mol. The molecule has 1 atom stereocenters. The summed E-state index contributed by atoms with van der Waals surface area (Å²) in [4.78, 5) is 2.40. The summed E-state index contributed by atoms with van der Waals surface area (Å²) in [6, 6.07) is 12.9. The molecule has 16 heavy (non-hydrogen) atoms. The van der Waals surface area contributed by atoms with Gasteiger partial charge < -0.3 is 5.32 Å². The highest BCUT2D eigenvalue weighted by Gasteiger charge is 2.21. The summed E-state index contributed by atoms with van der Waals surface area (Å²) in [7, 11) is 0. The van der Waals surface area contributed by atoms with Crippen molar-refractivity contribution in [2.45, 2.75) is 12.5 Å². The Balaban J connectivity index is 2.13. The molecule has 0 bridgehead atoms. The first kappa shape index (κ1) is 11.1. The predicted octanol–water partition coefficient (Wildman–Crippen LogP) is 1.55. The standard InChI is InChI=1S/C13H17N3/c14-7-6-13(12-4-2-1-3-5-12)16-10-8-15-9-11-16/h1-5,13,15H,6,8-11H2/t13-/m0/s1. The summed E-state index contributed by atoms with van der Waals surface area (Å²) in [5, 5.41) is 12.3. The van der Waals surface area contributed by atoms with Gasteiger partial charge in [-0.25, -0.2) is 0 Å². The molecular formula is C13H17N3. The van der Waals surface area contributed by atoms with Crippen LogP contribution in [-0.4, -0.2) is 31.1 Å². The van der Waals surface area contributed by atoms with Crippen molar-refractivity contribution in [3.05, 3.63) is 35.9 Å².